The third-order valence-electron chi connectivity index (χ3n) is 3.52. The van der Waals surface area contributed by atoms with Crippen LogP contribution in [0.4, 0.5) is 4.39 Å². The van der Waals surface area contributed by atoms with Crippen LogP contribution in [0, 0.1) is 11.7 Å². The third-order valence-corrected chi connectivity index (χ3v) is 3.52. The smallest absolute Gasteiger partial charge is 0.234 e. The van der Waals surface area contributed by atoms with Crippen molar-refractivity contribution in [2.45, 2.75) is 32.7 Å². The topological polar surface area (TPSA) is 32.3 Å². The molecule has 0 bridgehead atoms. The highest BCUT2D eigenvalue weighted by molar-refractivity contribution is 5.78. The molecule has 0 heterocycles. The van der Waals surface area contributed by atoms with Crippen molar-refractivity contribution in [3.63, 3.8) is 0 Å². The van der Waals surface area contributed by atoms with Crippen LogP contribution in [0.1, 0.15) is 31.7 Å². The zero-order valence-electron chi connectivity index (χ0n) is 12.1. The highest BCUT2D eigenvalue weighted by Gasteiger charge is 2.24. The molecule has 0 radical (unpaired) electrons. The summed E-state index contributed by atoms with van der Waals surface area (Å²) in [5.41, 5.74) is 0.920. The first-order chi connectivity index (χ1) is 9.67. The highest BCUT2D eigenvalue weighted by atomic mass is 19.1. The van der Waals surface area contributed by atoms with Crippen LogP contribution in [0.3, 0.4) is 0 Å². The predicted molar refractivity (Wildman–Crippen MR) is 77.7 cm³/mol. The molecule has 110 valence electrons. The second kappa shape index (κ2) is 7.39. The van der Waals surface area contributed by atoms with Crippen LogP contribution < -0.4 is 5.32 Å². The second-order valence-corrected chi connectivity index (χ2v) is 5.58. The van der Waals surface area contributed by atoms with Crippen LogP contribution in [0.15, 0.2) is 24.3 Å². The average molecular weight is 278 g/mol. The molecule has 2 rings (SSSR count). The van der Waals surface area contributed by atoms with Crippen molar-refractivity contribution in [2.75, 3.05) is 19.6 Å². The van der Waals surface area contributed by atoms with Gasteiger partial charge in [0.25, 0.3) is 0 Å². The number of rotatable bonds is 8. The largest absolute Gasteiger partial charge is 0.351 e. The molecule has 0 atom stereocenters. The molecule has 4 heteroatoms. The molecule has 1 aromatic rings. The molecular weight excluding hydrogens is 255 g/mol. The van der Waals surface area contributed by atoms with Crippen molar-refractivity contribution in [3.05, 3.63) is 35.6 Å². The molecule has 1 aliphatic rings. The summed E-state index contributed by atoms with van der Waals surface area (Å²) in [6, 6.07) is 6.23. The number of nitrogens with one attached hydrogen (secondary N) is 1. The highest BCUT2D eigenvalue weighted by Crippen LogP contribution is 2.29. The monoisotopic (exact) mass is 278 g/mol. The summed E-state index contributed by atoms with van der Waals surface area (Å²) in [6.45, 7) is 5.07. The SMILES string of the molecule is CCCN(CC(=O)NCc1ccc(F)cc1)CC1CC1. The van der Waals surface area contributed by atoms with E-state index in [4.69, 9.17) is 0 Å². The lowest BCUT2D eigenvalue weighted by molar-refractivity contribution is -0.122. The fraction of sp³-hybridized carbons (Fsp3) is 0.562. The molecular formula is C16H23FN2O. The lowest BCUT2D eigenvalue weighted by Gasteiger charge is -2.20. The fourth-order valence-corrected chi connectivity index (χ4v) is 2.28. The van der Waals surface area contributed by atoms with Crippen molar-refractivity contribution in [3.8, 4) is 0 Å². The van der Waals surface area contributed by atoms with Crippen LogP contribution in [0.25, 0.3) is 0 Å². The third kappa shape index (κ3) is 5.29. The summed E-state index contributed by atoms with van der Waals surface area (Å²) >= 11 is 0. The molecule has 1 aliphatic carbocycles. The Hall–Kier alpha value is -1.42. The Morgan fingerprint density at radius 3 is 2.65 bits per heavy atom. The maximum atomic E-state index is 12.8. The zero-order chi connectivity index (χ0) is 14.4. The molecule has 3 nitrogen and oxygen atoms in total. The molecule has 0 aromatic heterocycles. The van der Waals surface area contributed by atoms with Crippen molar-refractivity contribution in [1.82, 2.24) is 10.2 Å². The van der Waals surface area contributed by atoms with Crippen molar-refractivity contribution >= 4 is 5.91 Å². The number of carbonyl (C=O) groups excluding carboxylic acids is 1. The number of carbonyl (C=O) groups is 1. The lowest BCUT2D eigenvalue weighted by Crippen LogP contribution is -2.38. The molecule has 1 N–H and O–H groups in total. The summed E-state index contributed by atoms with van der Waals surface area (Å²) in [5, 5.41) is 2.90. The first-order valence-corrected chi connectivity index (χ1v) is 7.41. The van der Waals surface area contributed by atoms with E-state index in [-0.39, 0.29) is 11.7 Å². The number of benzene rings is 1. The number of amides is 1. The maximum Gasteiger partial charge on any atom is 0.234 e. The zero-order valence-corrected chi connectivity index (χ0v) is 12.1. The van der Waals surface area contributed by atoms with Crippen LogP contribution >= 0.6 is 0 Å². The van der Waals surface area contributed by atoms with Gasteiger partial charge in [-0.15, -0.1) is 0 Å². The molecule has 1 amide bonds. The Kier molecular flexibility index (Phi) is 5.53. The average Bonchev–Trinajstić information content (AvgIpc) is 3.22. The van der Waals surface area contributed by atoms with Crippen molar-refractivity contribution in [1.29, 1.82) is 0 Å². The van der Waals surface area contributed by atoms with Crippen LogP contribution in [0.5, 0.6) is 0 Å². The van der Waals surface area contributed by atoms with Crippen molar-refractivity contribution in [2.24, 2.45) is 5.92 Å². The van der Waals surface area contributed by atoms with Gasteiger partial charge in [0.05, 0.1) is 6.54 Å². The Bertz CT molecular complexity index is 429. The Morgan fingerprint density at radius 2 is 2.05 bits per heavy atom. The van der Waals surface area contributed by atoms with Gasteiger partial charge in [-0.2, -0.15) is 0 Å². The Morgan fingerprint density at radius 1 is 1.35 bits per heavy atom. The summed E-state index contributed by atoms with van der Waals surface area (Å²) in [5.74, 6) is 0.591. The molecule has 1 aromatic carbocycles. The minimum absolute atomic E-state index is 0.0448. The minimum atomic E-state index is -0.251. The summed E-state index contributed by atoms with van der Waals surface area (Å²) in [4.78, 5) is 14.2. The van der Waals surface area contributed by atoms with Gasteiger partial charge in [0, 0.05) is 13.1 Å². The standard InChI is InChI=1S/C16H23FN2O/c1-2-9-19(11-14-3-4-14)12-16(20)18-10-13-5-7-15(17)8-6-13/h5-8,14H,2-4,9-12H2,1H3,(H,18,20). The van der Waals surface area contributed by atoms with E-state index in [2.05, 4.69) is 17.1 Å². The maximum absolute atomic E-state index is 12.8. The molecule has 1 fully saturated rings. The number of nitrogens with zero attached hydrogens (tertiary/aromatic N) is 1. The summed E-state index contributed by atoms with van der Waals surface area (Å²) in [7, 11) is 0. The Balaban J connectivity index is 1.73. The summed E-state index contributed by atoms with van der Waals surface area (Å²) in [6.07, 6.45) is 3.67. The van der Waals surface area contributed by atoms with E-state index >= 15 is 0 Å². The first kappa shape index (κ1) is 15.0. The second-order valence-electron chi connectivity index (χ2n) is 5.58. The van der Waals surface area contributed by atoms with Gasteiger partial charge in [-0.25, -0.2) is 4.39 Å². The fourth-order valence-electron chi connectivity index (χ4n) is 2.28. The van der Waals surface area contributed by atoms with E-state index in [1.807, 2.05) is 0 Å². The van der Waals surface area contributed by atoms with E-state index in [0.29, 0.717) is 13.1 Å². The number of halogens is 1. The van der Waals surface area contributed by atoms with E-state index in [0.717, 1.165) is 31.0 Å². The quantitative estimate of drug-likeness (QED) is 0.792. The van der Waals surface area contributed by atoms with E-state index in [1.165, 1.54) is 25.0 Å². The Labute approximate surface area is 120 Å². The molecule has 0 unspecified atom stereocenters. The summed E-state index contributed by atoms with van der Waals surface area (Å²) < 4.78 is 12.8. The van der Waals surface area contributed by atoms with Crippen LogP contribution in [-0.2, 0) is 11.3 Å². The first-order valence-electron chi connectivity index (χ1n) is 7.41. The minimum Gasteiger partial charge on any atom is -0.351 e. The van der Waals surface area contributed by atoms with E-state index in [1.54, 1.807) is 12.1 Å². The van der Waals surface area contributed by atoms with E-state index < -0.39 is 0 Å². The molecule has 0 aliphatic heterocycles. The van der Waals surface area contributed by atoms with Crippen molar-refractivity contribution < 1.29 is 9.18 Å². The number of hydrogen-bond acceptors (Lipinski definition) is 2. The number of hydrogen-bond donors (Lipinski definition) is 1. The van der Waals surface area contributed by atoms with Gasteiger partial charge in [0.15, 0.2) is 0 Å². The van der Waals surface area contributed by atoms with E-state index in [9.17, 15) is 9.18 Å². The van der Waals surface area contributed by atoms with Gasteiger partial charge in [-0.3, -0.25) is 9.69 Å². The molecule has 0 saturated heterocycles. The van der Waals surface area contributed by atoms with Gasteiger partial charge in [-0.1, -0.05) is 19.1 Å². The van der Waals surface area contributed by atoms with Gasteiger partial charge in [-0.05, 0) is 49.4 Å². The normalized spacial score (nSPS) is 14.6. The molecule has 1 saturated carbocycles. The van der Waals surface area contributed by atoms with Gasteiger partial charge in [0.1, 0.15) is 5.82 Å². The predicted octanol–water partition coefficient (Wildman–Crippen LogP) is 2.56. The van der Waals surface area contributed by atoms with Crippen LogP contribution in [-0.4, -0.2) is 30.4 Å². The van der Waals surface area contributed by atoms with Gasteiger partial charge in [0.2, 0.25) is 5.91 Å². The van der Waals surface area contributed by atoms with Gasteiger partial charge < -0.3 is 5.32 Å². The lowest BCUT2D eigenvalue weighted by atomic mass is 10.2. The van der Waals surface area contributed by atoms with Gasteiger partial charge >= 0.3 is 0 Å². The van der Waals surface area contributed by atoms with Crippen LogP contribution in [0.2, 0.25) is 0 Å². The molecule has 0 spiro atoms. The molecule has 20 heavy (non-hydrogen) atoms.